The van der Waals surface area contributed by atoms with Crippen LogP contribution in [0.2, 0.25) is 0 Å². The molecule has 0 aliphatic carbocycles. The van der Waals surface area contributed by atoms with Gasteiger partial charge in [-0.05, 0) is 43.0 Å². The van der Waals surface area contributed by atoms with E-state index in [1.807, 2.05) is 4.90 Å². The van der Waals surface area contributed by atoms with E-state index < -0.39 is 0 Å². The normalized spacial score (nSPS) is 19.4. The second-order valence-electron chi connectivity index (χ2n) is 6.17. The summed E-state index contributed by atoms with van der Waals surface area (Å²) in [5, 5.41) is 0.952. The number of nitrogens with zero attached hydrogens (tertiary/aromatic N) is 1. The van der Waals surface area contributed by atoms with Gasteiger partial charge in [-0.25, -0.2) is 4.39 Å². The molecular weight excluding hydrogens is 283 g/mol. The molecule has 5 heteroatoms. The van der Waals surface area contributed by atoms with Crippen LogP contribution in [-0.2, 0) is 22.5 Å². The summed E-state index contributed by atoms with van der Waals surface area (Å²) in [5.74, 6) is 0.117. The number of hydrogen-bond acceptors (Lipinski definition) is 2. The Balaban J connectivity index is 1.58. The molecule has 4 nitrogen and oxygen atoms in total. The number of halogens is 1. The Morgan fingerprint density at radius 3 is 2.95 bits per heavy atom. The summed E-state index contributed by atoms with van der Waals surface area (Å²) in [5.41, 5.74) is 3.16. The molecule has 2 aliphatic heterocycles. The SMILES string of the molecule is O=C(C1CCOCC1)N1CCc2c([nH]c3ccc(F)cc23)C1. The van der Waals surface area contributed by atoms with Gasteiger partial charge in [0.2, 0.25) is 5.91 Å². The molecular formula is C17H19FN2O2. The van der Waals surface area contributed by atoms with Gasteiger partial charge in [-0.2, -0.15) is 0 Å². The largest absolute Gasteiger partial charge is 0.381 e. The summed E-state index contributed by atoms with van der Waals surface area (Å²) >= 11 is 0. The lowest BCUT2D eigenvalue weighted by molar-refractivity contribution is -0.139. The van der Waals surface area contributed by atoms with Crippen LogP contribution in [-0.4, -0.2) is 35.5 Å². The Kier molecular flexibility index (Phi) is 3.37. The van der Waals surface area contributed by atoms with E-state index in [1.165, 1.54) is 6.07 Å². The fraction of sp³-hybridized carbons (Fsp3) is 0.471. The van der Waals surface area contributed by atoms with Crippen molar-refractivity contribution < 1.29 is 13.9 Å². The maximum atomic E-state index is 13.4. The van der Waals surface area contributed by atoms with Gasteiger partial charge in [0.05, 0.1) is 6.54 Å². The Morgan fingerprint density at radius 1 is 1.32 bits per heavy atom. The van der Waals surface area contributed by atoms with Crippen molar-refractivity contribution in [1.29, 1.82) is 0 Å². The molecule has 1 amide bonds. The van der Waals surface area contributed by atoms with Crippen molar-refractivity contribution in [2.24, 2.45) is 5.92 Å². The van der Waals surface area contributed by atoms with Gasteiger partial charge in [-0.1, -0.05) is 0 Å². The minimum Gasteiger partial charge on any atom is -0.381 e. The van der Waals surface area contributed by atoms with Gasteiger partial charge >= 0.3 is 0 Å². The van der Waals surface area contributed by atoms with Crippen LogP contribution in [0.3, 0.4) is 0 Å². The number of carbonyl (C=O) groups excluding carboxylic acids is 1. The molecule has 2 aromatic rings. The monoisotopic (exact) mass is 302 g/mol. The van der Waals surface area contributed by atoms with Gasteiger partial charge < -0.3 is 14.6 Å². The van der Waals surface area contributed by atoms with E-state index in [4.69, 9.17) is 4.74 Å². The van der Waals surface area contributed by atoms with E-state index in [9.17, 15) is 9.18 Å². The van der Waals surface area contributed by atoms with Crippen molar-refractivity contribution in [3.05, 3.63) is 35.3 Å². The molecule has 1 fully saturated rings. The van der Waals surface area contributed by atoms with Crippen LogP contribution in [0, 0.1) is 11.7 Å². The number of hydrogen-bond donors (Lipinski definition) is 1. The summed E-state index contributed by atoms with van der Waals surface area (Å²) < 4.78 is 18.8. The maximum Gasteiger partial charge on any atom is 0.226 e. The fourth-order valence-corrected chi connectivity index (χ4v) is 3.60. The molecule has 0 atom stereocenters. The zero-order valence-corrected chi connectivity index (χ0v) is 12.4. The van der Waals surface area contributed by atoms with Crippen molar-refractivity contribution in [1.82, 2.24) is 9.88 Å². The molecule has 1 aromatic carbocycles. The predicted octanol–water partition coefficient (Wildman–Crippen LogP) is 2.62. The van der Waals surface area contributed by atoms with Crippen LogP contribution in [0.5, 0.6) is 0 Å². The van der Waals surface area contributed by atoms with Crippen LogP contribution in [0.25, 0.3) is 10.9 Å². The van der Waals surface area contributed by atoms with Crippen LogP contribution < -0.4 is 0 Å². The predicted molar refractivity (Wildman–Crippen MR) is 80.9 cm³/mol. The van der Waals surface area contributed by atoms with Crippen molar-refractivity contribution >= 4 is 16.8 Å². The fourth-order valence-electron chi connectivity index (χ4n) is 3.60. The highest BCUT2D eigenvalue weighted by molar-refractivity contribution is 5.86. The summed E-state index contributed by atoms with van der Waals surface area (Å²) in [4.78, 5) is 17.9. The highest BCUT2D eigenvalue weighted by Gasteiger charge is 2.30. The molecule has 22 heavy (non-hydrogen) atoms. The highest BCUT2D eigenvalue weighted by atomic mass is 19.1. The summed E-state index contributed by atoms with van der Waals surface area (Å²) in [6.45, 7) is 2.68. The first-order valence-corrected chi connectivity index (χ1v) is 7.88. The first kappa shape index (κ1) is 13.8. The zero-order valence-electron chi connectivity index (χ0n) is 12.4. The minimum absolute atomic E-state index is 0.0946. The van der Waals surface area contributed by atoms with Gasteiger partial charge in [0.15, 0.2) is 0 Å². The van der Waals surface area contributed by atoms with E-state index >= 15 is 0 Å². The number of aromatic nitrogens is 1. The van der Waals surface area contributed by atoms with Crippen LogP contribution in [0.4, 0.5) is 4.39 Å². The number of nitrogens with one attached hydrogen (secondary N) is 1. The first-order valence-electron chi connectivity index (χ1n) is 7.88. The summed E-state index contributed by atoms with van der Waals surface area (Å²) in [6, 6.07) is 4.82. The van der Waals surface area contributed by atoms with E-state index in [0.717, 1.165) is 41.4 Å². The van der Waals surface area contributed by atoms with E-state index in [2.05, 4.69) is 4.98 Å². The average Bonchev–Trinajstić information content (AvgIpc) is 2.92. The Labute approximate surface area is 128 Å². The van der Waals surface area contributed by atoms with Gasteiger partial charge in [0, 0.05) is 42.3 Å². The van der Waals surface area contributed by atoms with Crippen molar-refractivity contribution in [2.45, 2.75) is 25.8 Å². The second-order valence-corrected chi connectivity index (χ2v) is 6.17. The van der Waals surface area contributed by atoms with E-state index in [0.29, 0.717) is 26.3 Å². The van der Waals surface area contributed by atoms with Crippen LogP contribution >= 0.6 is 0 Å². The van der Waals surface area contributed by atoms with Gasteiger partial charge in [-0.3, -0.25) is 4.79 Å². The zero-order chi connectivity index (χ0) is 15.1. The summed E-state index contributed by atoms with van der Waals surface area (Å²) in [7, 11) is 0. The van der Waals surface area contributed by atoms with Gasteiger partial charge in [0.25, 0.3) is 0 Å². The molecule has 0 saturated carbocycles. The number of benzene rings is 1. The minimum atomic E-state index is -0.213. The lowest BCUT2D eigenvalue weighted by Crippen LogP contribution is -2.41. The molecule has 116 valence electrons. The molecule has 0 radical (unpaired) electrons. The average molecular weight is 302 g/mol. The van der Waals surface area contributed by atoms with Crippen molar-refractivity contribution in [3.8, 4) is 0 Å². The Morgan fingerprint density at radius 2 is 2.14 bits per heavy atom. The molecule has 0 bridgehead atoms. The third-order valence-corrected chi connectivity index (χ3v) is 4.82. The van der Waals surface area contributed by atoms with Gasteiger partial charge in [-0.15, -0.1) is 0 Å². The lowest BCUT2D eigenvalue weighted by Gasteiger charge is -2.32. The molecule has 1 N–H and O–H groups in total. The van der Waals surface area contributed by atoms with E-state index in [-0.39, 0.29) is 17.6 Å². The smallest absolute Gasteiger partial charge is 0.226 e. The lowest BCUT2D eigenvalue weighted by atomic mass is 9.96. The Bertz CT molecular complexity index is 719. The number of aromatic amines is 1. The molecule has 1 aromatic heterocycles. The number of fused-ring (bicyclic) bond motifs is 3. The maximum absolute atomic E-state index is 13.4. The molecule has 4 rings (SSSR count). The van der Waals surface area contributed by atoms with E-state index in [1.54, 1.807) is 12.1 Å². The highest BCUT2D eigenvalue weighted by Crippen LogP contribution is 2.29. The molecule has 3 heterocycles. The number of H-pyrrole nitrogens is 1. The number of amides is 1. The molecule has 0 spiro atoms. The second kappa shape index (κ2) is 5.39. The number of carbonyl (C=O) groups is 1. The van der Waals surface area contributed by atoms with Crippen molar-refractivity contribution in [3.63, 3.8) is 0 Å². The molecule has 0 unspecified atom stereocenters. The topological polar surface area (TPSA) is 45.3 Å². The number of rotatable bonds is 1. The quantitative estimate of drug-likeness (QED) is 0.880. The number of ether oxygens (including phenoxy) is 1. The first-order chi connectivity index (χ1) is 10.7. The van der Waals surface area contributed by atoms with Crippen LogP contribution in [0.15, 0.2) is 18.2 Å². The molecule has 1 saturated heterocycles. The third kappa shape index (κ3) is 2.29. The molecule has 2 aliphatic rings. The standard InChI is InChI=1S/C17H19FN2O2/c18-12-1-2-15-14(9-12)13-3-6-20(10-16(13)19-15)17(21)11-4-7-22-8-5-11/h1-2,9,11,19H,3-8,10H2. The van der Waals surface area contributed by atoms with Gasteiger partial charge in [0.1, 0.15) is 5.82 Å². The summed E-state index contributed by atoms with van der Waals surface area (Å²) in [6.07, 6.45) is 2.42. The van der Waals surface area contributed by atoms with Crippen molar-refractivity contribution in [2.75, 3.05) is 19.8 Å². The van der Waals surface area contributed by atoms with Crippen LogP contribution in [0.1, 0.15) is 24.1 Å². The Hall–Kier alpha value is -1.88. The third-order valence-electron chi connectivity index (χ3n) is 4.82.